The summed E-state index contributed by atoms with van der Waals surface area (Å²) in [6.45, 7) is 0.698. The molecular formula is C22H18F3N5O. The van der Waals surface area contributed by atoms with Gasteiger partial charge in [0.25, 0.3) is 5.92 Å². The Labute approximate surface area is 175 Å². The predicted octanol–water partition coefficient (Wildman–Crippen LogP) is 4.02. The summed E-state index contributed by atoms with van der Waals surface area (Å²) in [6.07, 6.45) is 1.66. The van der Waals surface area contributed by atoms with Gasteiger partial charge in [-0.15, -0.1) is 5.10 Å². The maximum Gasteiger partial charge on any atom is 0.320 e. The number of benzene rings is 2. The minimum absolute atomic E-state index is 0.0200. The normalized spacial score (nSPS) is 20.5. The molecule has 0 radical (unpaired) electrons. The van der Waals surface area contributed by atoms with E-state index in [-0.39, 0.29) is 29.3 Å². The topological polar surface area (TPSA) is 71.8 Å². The third-order valence-corrected chi connectivity index (χ3v) is 5.58. The SMILES string of the molecule is CC(F)(F)[C@@]1(C#CC2CC2)NC(=O)Nc2cc(Cn3nnc4ccccc43)c(F)cc21. The number of nitrogens with zero attached hydrogens (tertiary/aromatic N) is 3. The van der Waals surface area contributed by atoms with E-state index in [1.54, 1.807) is 12.1 Å². The average molecular weight is 425 g/mol. The smallest absolute Gasteiger partial charge is 0.312 e. The van der Waals surface area contributed by atoms with Crippen LogP contribution in [0.5, 0.6) is 0 Å². The highest BCUT2D eigenvalue weighted by molar-refractivity contribution is 5.95. The number of alkyl halides is 2. The van der Waals surface area contributed by atoms with E-state index < -0.39 is 23.3 Å². The molecule has 31 heavy (non-hydrogen) atoms. The molecule has 2 amide bonds. The molecule has 6 nitrogen and oxygen atoms in total. The second-order valence-corrected chi connectivity index (χ2v) is 7.99. The fraction of sp³-hybridized carbons (Fsp3) is 0.318. The molecule has 1 atom stereocenters. The largest absolute Gasteiger partial charge is 0.320 e. The number of hydrogen-bond donors (Lipinski definition) is 2. The van der Waals surface area contributed by atoms with Crippen LogP contribution in [0.25, 0.3) is 11.0 Å². The Morgan fingerprint density at radius 2 is 2.06 bits per heavy atom. The summed E-state index contributed by atoms with van der Waals surface area (Å²) >= 11 is 0. The van der Waals surface area contributed by atoms with Gasteiger partial charge in [0.1, 0.15) is 11.3 Å². The highest BCUT2D eigenvalue weighted by Crippen LogP contribution is 2.44. The number of nitrogens with one attached hydrogen (secondary N) is 2. The van der Waals surface area contributed by atoms with Crippen molar-refractivity contribution in [2.45, 2.75) is 37.8 Å². The maximum atomic E-state index is 15.1. The summed E-state index contributed by atoms with van der Waals surface area (Å²) in [5.74, 6) is 1.27. The first kappa shape index (κ1) is 19.4. The van der Waals surface area contributed by atoms with Crippen LogP contribution in [0.3, 0.4) is 0 Å². The number of urea groups is 1. The van der Waals surface area contributed by atoms with Gasteiger partial charge in [0, 0.05) is 29.7 Å². The number of rotatable bonds is 3. The van der Waals surface area contributed by atoms with E-state index in [1.807, 2.05) is 12.1 Å². The molecule has 3 aromatic rings. The molecule has 1 aliphatic carbocycles. The van der Waals surface area contributed by atoms with Crippen molar-refractivity contribution in [2.75, 3.05) is 5.32 Å². The van der Waals surface area contributed by atoms with E-state index in [0.717, 1.165) is 18.9 Å². The molecule has 1 aliphatic heterocycles. The van der Waals surface area contributed by atoms with E-state index in [9.17, 15) is 13.6 Å². The number of anilines is 1. The van der Waals surface area contributed by atoms with Crippen molar-refractivity contribution in [3.63, 3.8) is 0 Å². The van der Waals surface area contributed by atoms with Crippen LogP contribution in [-0.2, 0) is 12.1 Å². The first-order valence-electron chi connectivity index (χ1n) is 9.88. The van der Waals surface area contributed by atoms with Gasteiger partial charge in [0.2, 0.25) is 0 Å². The van der Waals surface area contributed by atoms with Gasteiger partial charge in [-0.05, 0) is 37.1 Å². The summed E-state index contributed by atoms with van der Waals surface area (Å²) in [5.41, 5.74) is -0.783. The zero-order valence-electron chi connectivity index (χ0n) is 16.5. The quantitative estimate of drug-likeness (QED) is 0.623. The molecular weight excluding hydrogens is 407 g/mol. The van der Waals surface area contributed by atoms with E-state index in [2.05, 4.69) is 32.8 Å². The van der Waals surface area contributed by atoms with Crippen LogP contribution < -0.4 is 10.6 Å². The molecule has 0 bridgehead atoms. The molecule has 2 aliphatic rings. The third-order valence-electron chi connectivity index (χ3n) is 5.58. The van der Waals surface area contributed by atoms with Crippen LogP contribution in [0.4, 0.5) is 23.7 Å². The van der Waals surface area contributed by atoms with E-state index >= 15 is 4.39 Å². The zero-order chi connectivity index (χ0) is 21.8. The Morgan fingerprint density at radius 3 is 2.81 bits per heavy atom. The van der Waals surface area contributed by atoms with Crippen LogP contribution in [0, 0.1) is 23.6 Å². The molecule has 2 aromatic carbocycles. The van der Waals surface area contributed by atoms with Gasteiger partial charge in [-0.1, -0.05) is 29.2 Å². The van der Waals surface area contributed by atoms with Gasteiger partial charge in [-0.25, -0.2) is 22.6 Å². The molecule has 2 heterocycles. The van der Waals surface area contributed by atoms with Gasteiger partial charge in [0.15, 0.2) is 5.54 Å². The van der Waals surface area contributed by atoms with Crippen molar-refractivity contribution >= 4 is 22.8 Å². The number of amides is 2. The highest BCUT2D eigenvalue weighted by atomic mass is 19.3. The third kappa shape index (κ3) is 3.28. The van der Waals surface area contributed by atoms with Crippen molar-refractivity contribution in [1.29, 1.82) is 0 Å². The Kier molecular flexibility index (Phi) is 4.22. The molecule has 2 N–H and O–H groups in total. The molecule has 158 valence electrons. The number of hydrogen-bond acceptors (Lipinski definition) is 3. The van der Waals surface area contributed by atoms with Crippen molar-refractivity contribution in [2.24, 2.45) is 5.92 Å². The first-order valence-corrected chi connectivity index (χ1v) is 9.88. The fourth-order valence-electron chi connectivity index (χ4n) is 3.73. The predicted molar refractivity (Wildman–Crippen MR) is 108 cm³/mol. The molecule has 0 spiro atoms. The zero-order valence-corrected chi connectivity index (χ0v) is 16.5. The van der Waals surface area contributed by atoms with Gasteiger partial charge in [0.05, 0.1) is 12.1 Å². The van der Waals surface area contributed by atoms with Crippen LogP contribution >= 0.6 is 0 Å². The molecule has 0 unspecified atom stereocenters. The van der Waals surface area contributed by atoms with Crippen molar-refractivity contribution < 1.29 is 18.0 Å². The molecule has 1 saturated carbocycles. The van der Waals surface area contributed by atoms with Gasteiger partial charge in [-0.3, -0.25) is 0 Å². The van der Waals surface area contributed by atoms with E-state index in [1.165, 1.54) is 10.7 Å². The molecule has 9 heteroatoms. The van der Waals surface area contributed by atoms with Crippen LogP contribution in [0.2, 0.25) is 0 Å². The molecule has 1 fully saturated rings. The monoisotopic (exact) mass is 425 g/mol. The number of halogens is 3. The van der Waals surface area contributed by atoms with Gasteiger partial charge < -0.3 is 10.6 Å². The van der Waals surface area contributed by atoms with E-state index in [4.69, 9.17) is 0 Å². The second-order valence-electron chi connectivity index (χ2n) is 7.99. The number of carbonyl (C=O) groups is 1. The first-order chi connectivity index (χ1) is 14.8. The van der Waals surface area contributed by atoms with Crippen molar-refractivity contribution in [1.82, 2.24) is 20.3 Å². The Balaban J connectivity index is 1.61. The van der Waals surface area contributed by atoms with Crippen molar-refractivity contribution in [3.8, 4) is 11.8 Å². The fourth-order valence-corrected chi connectivity index (χ4v) is 3.73. The van der Waals surface area contributed by atoms with Crippen LogP contribution in [0.1, 0.15) is 30.9 Å². The summed E-state index contributed by atoms with van der Waals surface area (Å²) in [4.78, 5) is 12.3. The Bertz CT molecular complexity index is 1270. The second kappa shape index (κ2) is 6.74. The number of aromatic nitrogens is 3. The minimum atomic E-state index is -3.45. The van der Waals surface area contributed by atoms with Gasteiger partial charge >= 0.3 is 6.03 Å². The number of carbonyl (C=O) groups excluding carboxylic acids is 1. The lowest BCUT2D eigenvalue weighted by Crippen LogP contribution is -2.59. The van der Waals surface area contributed by atoms with E-state index in [0.29, 0.717) is 18.0 Å². The average Bonchev–Trinajstić information content (AvgIpc) is 3.46. The lowest BCUT2D eigenvalue weighted by molar-refractivity contribution is -0.0465. The van der Waals surface area contributed by atoms with Crippen molar-refractivity contribution in [3.05, 3.63) is 53.3 Å². The molecule has 5 rings (SSSR count). The number of fused-ring (bicyclic) bond motifs is 2. The summed E-state index contributed by atoms with van der Waals surface area (Å²) in [6, 6.07) is 8.78. The number of para-hydroxylation sites is 1. The summed E-state index contributed by atoms with van der Waals surface area (Å²) in [7, 11) is 0. The molecule has 1 aromatic heterocycles. The van der Waals surface area contributed by atoms with Crippen LogP contribution in [-0.4, -0.2) is 26.9 Å². The van der Waals surface area contributed by atoms with Crippen LogP contribution in [0.15, 0.2) is 36.4 Å². The Morgan fingerprint density at radius 1 is 1.29 bits per heavy atom. The summed E-state index contributed by atoms with van der Waals surface area (Å²) in [5, 5.41) is 12.8. The lowest BCUT2D eigenvalue weighted by Gasteiger charge is -2.40. The van der Waals surface area contributed by atoms with Gasteiger partial charge in [-0.2, -0.15) is 0 Å². The highest BCUT2D eigenvalue weighted by Gasteiger charge is 2.55. The summed E-state index contributed by atoms with van der Waals surface area (Å²) < 4.78 is 46.2. The minimum Gasteiger partial charge on any atom is -0.312 e. The maximum absolute atomic E-state index is 15.1. The lowest BCUT2D eigenvalue weighted by atomic mass is 9.81. The molecule has 0 saturated heterocycles. The standard InChI is InChI=1S/C22H18F3N5O/c1-21(24,25)22(9-8-13-6-7-13)15-11-16(23)14(10-18(15)26-20(31)27-22)12-30-19-5-3-2-4-17(19)28-29-30/h2-5,10-11,13H,6-7,12H2,1H3,(H2,26,27,31)/t22-/m0/s1. The Hall–Kier alpha value is -3.54.